The van der Waals surface area contributed by atoms with E-state index in [1.807, 2.05) is 0 Å². The molecule has 1 aromatic heterocycles. The van der Waals surface area contributed by atoms with Crippen LogP contribution >= 0.6 is 23.2 Å². The maximum Gasteiger partial charge on any atom is 0.573 e. The van der Waals surface area contributed by atoms with Crippen LogP contribution in [0.5, 0.6) is 5.75 Å². The lowest BCUT2D eigenvalue weighted by atomic mass is 10.0. The second-order valence-corrected chi connectivity index (χ2v) is 12.6. The van der Waals surface area contributed by atoms with Crippen LogP contribution in [-0.2, 0) is 22.6 Å². The molecule has 0 aliphatic carbocycles. The molecule has 0 spiro atoms. The number of aryl methyl sites for hydroxylation is 1. The second-order valence-electron chi connectivity index (χ2n) is 9.89. The molecule has 0 radical (unpaired) electrons. The molecule has 18 heteroatoms. The van der Waals surface area contributed by atoms with Crippen molar-refractivity contribution in [3.8, 4) is 22.6 Å². The first-order valence-corrected chi connectivity index (χ1v) is 15.5. The molecule has 3 aromatic carbocycles. The predicted molar refractivity (Wildman–Crippen MR) is 158 cm³/mol. The Hall–Kier alpha value is -3.96. The van der Waals surface area contributed by atoms with Crippen molar-refractivity contribution in [2.24, 2.45) is 0 Å². The highest BCUT2D eigenvalue weighted by Crippen LogP contribution is 2.42. The molecule has 4 aromatic rings. The molecule has 0 bridgehead atoms. The summed E-state index contributed by atoms with van der Waals surface area (Å²) >= 11 is 12.6. The van der Waals surface area contributed by atoms with Gasteiger partial charge in [0.2, 0.25) is 0 Å². The van der Waals surface area contributed by atoms with Gasteiger partial charge in [-0.2, -0.15) is 13.2 Å². The fourth-order valence-electron chi connectivity index (χ4n) is 4.82. The number of sulfone groups is 1. The van der Waals surface area contributed by atoms with Gasteiger partial charge in [0.25, 0.3) is 0 Å². The fraction of sp³-hybridized carbons (Fsp3) is 0.179. The number of hydrogen-bond acceptors (Lipinski definition) is 8. The molecule has 2 heterocycles. The zero-order valence-electron chi connectivity index (χ0n) is 23.4. The Morgan fingerprint density at radius 3 is 2.15 bits per heavy atom. The molecular weight excluding hydrogens is 687 g/mol. The number of rotatable bonds is 7. The summed E-state index contributed by atoms with van der Waals surface area (Å²) < 4.78 is 109. The van der Waals surface area contributed by atoms with E-state index in [0.29, 0.717) is 16.8 Å². The van der Waals surface area contributed by atoms with Gasteiger partial charge in [0, 0.05) is 28.6 Å². The van der Waals surface area contributed by atoms with Crippen LogP contribution in [0.25, 0.3) is 22.5 Å². The highest BCUT2D eigenvalue weighted by molar-refractivity contribution is 7.90. The van der Waals surface area contributed by atoms with Gasteiger partial charge in [-0.25, -0.2) is 13.4 Å². The lowest BCUT2D eigenvalue weighted by molar-refractivity contribution is -0.274. The van der Waals surface area contributed by atoms with Gasteiger partial charge in [0.1, 0.15) is 16.7 Å². The maximum atomic E-state index is 13.7. The highest BCUT2D eigenvalue weighted by atomic mass is 35.5. The molecule has 9 nitrogen and oxygen atoms in total. The summed E-state index contributed by atoms with van der Waals surface area (Å²) in [6.07, 6.45) is -7.39. The third-order valence-electron chi connectivity index (χ3n) is 6.77. The largest absolute Gasteiger partial charge is 0.573 e. The van der Waals surface area contributed by atoms with Crippen LogP contribution < -0.4 is 20.7 Å². The third-order valence-corrected chi connectivity index (χ3v) is 8.62. The van der Waals surface area contributed by atoms with Gasteiger partial charge in [-0.1, -0.05) is 29.3 Å². The topological polar surface area (TPSA) is 109 Å². The van der Waals surface area contributed by atoms with E-state index >= 15 is 0 Å². The number of aliphatic hydroxyl groups excluding tert-OH is 1. The molecule has 0 fully saturated rings. The first-order valence-electron chi connectivity index (χ1n) is 12.9. The Kier molecular flexibility index (Phi) is 8.72. The van der Waals surface area contributed by atoms with Crippen molar-refractivity contribution in [1.29, 1.82) is 0 Å². The number of alkyl halides is 6. The number of nitrogens with zero attached hydrogens (tertiary/aromatic N) is 3. The van der Waals surface area contributed by atoms with Crippen molar-refractivity contribution in [2.75, 3.05) is 11.3 Å². The van der Waals surface area contributed by atoms with E-state index in [9.17, 15) is 39.9 Å². The summed E-state index contributed by atoms with van der Waals surface area (Å²) in [6, 6.07) is 12.0. The first-order chi connectivity index (χ1) is 21.4. The van der Waals surface area contributed by atoms with Crippen LogP contribution in [0.15, 0.2) is 65.7 Å². The lowest BCUT2D eigenvalue weighted by Crippen LogP contribution is -2.37. The van der Waals surface area contributed by atoms with Gasteiger partial charge in [-0.3, -0.25) is 9.58 Å². The molecule has 1 aliphatic heterocycles. The van der Waals surface area contributed by atoms with Gasteiger partial charge in [-0.15, -0.1) is 18.7 Å². The SMILES string of the molecule is Cc1nc(C(F)(F)F)c(Cl)n1-c1ccc(-c2cc(Cl)c(CO)c(S(C)(=O)=O)c2)cc1N1NNC=C1c1ccc(OC(F)(F)F)cc1. The Morgan fingerprint density at radius 1 is 0.935 bits per heavy atom. The highest BCUT2D eigenvalue weighted by Gasteiger charge is 2.39. The number of aliphatic hydroxyl groups is 1. The zero-order valence-corrected chi connectivity index (χ0v) is 25.8. The van der Waals surface area contributed by atoms with Crippen molar-refractivity contribution in [3.05, 3.63) is 93.6 Å². The molecule has 1 aliphatic rings. The molecule has 0 saturated heterocycles. The number of nitrogens with one attached hydrogen (secondary N) is 2. The van der Waals surface area contributed by atoms with Gasteiger partial charge < -0.3 is 15.3 Å². The van der Waals surface area contributed by atoms with Crippen molar-refractivity contribution in [3.63, 3.8) is 0 Å². The van der Waals surface area contributed by atoms with E-state index in [4.69, 9.17) is 23.2 Å². The number of aromatic nitrogens is 2. The minimum absolute atomic E-state index is 0.0150. The molecule has 5 rings (SSSR count). The number of imidazole rings is 1. The molecule has 0 saturated carbocycles. The number of ether oxygens (including phenoxy) is 1. The minimum Gasteiger partial charge on any atom is -0.406 e. The summed E-state index contributed by atoms with van der Waals surface area (Å²) in [5.41, 5.74) is 5.81. The zero-order chi connectivity index (χ0) is 33.8. The number of hydrogen-bond donors (Lipinski definition) is 3. The Morgan fingerprint density at radius 2 is 1.59 bits per heavy atom. The smallest absolute Gasteiger partial charge is 0.406 e. The third kappa shape index (κ3) is 6.62. The molecule has 244 valence electrons. The maximum absolute atomic E-state index is 13.7. The predicted octanol–water partition coefficient (Wildman–Crippen LogP) is 6.80. The number of hydrazine groups is 2. The number of halogens is 8. The van der Waals surface area contributed by atoms with Crippen LogP contribution in [-0.4, -0.2) is 35.7 Å². The Bertz CT molecular complexity index is 1960. The minimum atomic E-state index is -4.91. The molecular formula is C28H21Cl2F6N5O4S. The van der Waals surface area contributed by atoms with Crippen molar-refractivity contribution in [2.45, 2.75) is 31.0 Å². The van der Waals surface area contributed by atoms with Crippen LogP contribution in [0.4, 0.5) is 32.0 Å². The van der Waals surface area contributed by atoms with E-state index in [0.717, 1.165) is 23.0 Å². The van der Waals surface area contributed by atoms with Crippen molar-refractivity contribution < 1.29 is 44.6 Å². The van der Waals surface area contributed by atoms with Crippen molar-refractivity contribution >= 4 is 44.4 Å². The summed E-state index contributed by atoms with van der Waals surface area (Å²) in [5, 5.41) is 10.4. The van der Waals surface area contributed by atoms with Crippen molar-refractivity contribution in [1.82, 2.24) is 20.5 Å². The Balaban J connectivity index is 1.70. The van der Waals surface area contributed by atoms with Gasteiger partial charge >= 0.3 is 12.5 Å². The second kappa shape index (κ2) is 12.0. The van der Waals surface area contributed by atoms with Crippen LogP contribution in [0.2, 0.25) is 10.2 Å². The number of benzene rings is 3. The summed E-state index contributed by atoms with van der Waals surface area (Å²) in [7, 11) is -3.86. The lowest BCUT2D eigenvalue weighted by Gasteiger charge is -2.26. The van der Waals surface area contributed by atoms with Crippen LogP contribution in [0, 0.1) is 6.92 Å². The normalized spacial score (nSPS) is 14.0. The van der Waals surface area contributed by atoms with E-state index < -0.39 is 45.6 Å². The van der Waals surface area contributed by atoms with E-state index in [-0.39, 0.29) is 38.2 Å². The molecule has 3 N–H and O–H groups in total. The summed E-state index contributed by atoms with van der Waals surface area (Å²) in [4.78, 5) is 3.39. The molecule has 0 unspecified atom stereocenters. The average molecular weight is 708 g/mol. The monoisotopic (exact) mass is 707 g/mol. The Labute approximate surface area is 267 Å². The summed E-state index contributed by atoms with van der Waals surface area (Å²) in [5.74, 6) is -0.595. The quantitative estimate of drug-likeness (QED) is 0.180. The fourth-order valence-corrected chi connectivity index (χ4v) is 6.48. The summed E-state index contributed by atoms with van der Waals surface area (Å²) in [6.45, 7) is 0.659. The number of anilines is 1. The molecule has 0 amide bonds. The van der Waals surface area contributed by atoms with E-state index in [1.54, 1.807) is 0 Å². The van der Waals surface area contributed by atoms with E-state index in [2.05, 4.69) is 20.7 Å². The molecule has 0 atom stereocenters. The standard InChI is InChI=1S/C28H21Cl2F6N5O4S/c1-14-38-25(27(31,32)33)26(30)40(14)21-8-5-16(17-9-20(29)19(13-42)24(11-17)46(2,43)44)10-22(21)41-23(12-37-39-41)15-3-6-18(7-4-15)45-28(34,35)36/h3-12,37,39,42H,13H2,1-2H3. The first kappa shape index (κ1) is 33.4. The molecule has 46 heavy (non-hydrogen) atoms. The van der Waals surface area contributed by atoms with Gasteiger partial charge in [-0.05, 0) is 66.6 Å². The van der Waals surface area contributed by atoms with E-state index in [1.165, 1.54) is 60.6 Å². The van der Waals surface area contributed by atoms with Gasteiger partial charge in [0.15, 0.2) is 15.5 Å². The average Bonchev–Trinajstić information content (AvgIpc) is 3.55. The van der Waals surface area contributed by atoms with Gasteiger partial charge in [0.05, 0.1) is 28.6 Å². The van der Waals surface area contributed by atoms with Crippen LogP contribution in [0.3, 0.4) is 0 Å². The van der Waals surface area contributed by atoms with Crippen LogP contribution in [0.1, 0.15) is 22.6 Å².